The van der Waals surface area contributed by atoms with E-state index in [1.807, 2.05) is 0 Å². The summed E-state index contributed by atoms with van der Waals surface area (Å²) in [5.41, 5.74) is 0.254. The van der Waals surface area contributed by atoms with E-state index in [0.29, 0.717) is 5.39 Å². The summed E-state index contributed by atoms with van der Waals surface area (Å²) in [4.78, 5) is 10.8. The van der Waals surface area contributed by atoms with Gasteiger partial charge in [-0.3, -0.25) is 17.9 Å². The van der Waals surface area contributed by atoms with E-state index in [4.69, 9.17) is 0 Å². The van der Waals surface area contributed by atoms with Gasteiger partial charge in [-0.05, 0) is 36.4 Å². The minimum absolute atomic E-state index is 0.0358. The van der Waals surface area contributed by atoms with Crippen LogP contribution in [0.1, 0.15) is 6.92 Å². The lowest BCUT2D eigenvalue weighted by Crippen LogP contribution is -2.20. The summed E-state index contributed by atoms with van der Waals surface area (Å²) in [6.07, 6.45) is 0. The highest BCUT2D eigenvalue weighted by Crippen LogP contribution is 2.40. The topological polar surface area (TPSA) is 147 Å². The maximum Gasteiger partial charge on any atom is 0.294 e. The molecule has 3 aromatic carbocycles. The van der Waals surface area contributed by atoms with E-state index in [1.165, 1.54) is 43.3 Å². The van der Waals surface area contributed by atoms with Crippen LogP contribution in [0, 0.1) is 0 Å². The molecule has 0 aliphatic carbocycles. The molecule has 0 aromatic heterocycles. The number of rotatable bonds is 5. The van der Waals surface area contributed by atoms with Gasteiger partial charge in [-0.15, -0.1) is 0 Å². The van der Waals surface area contributed by atoms with Crippen LogP contribution in [-0.2, 0) is 26.2 Å². The molecule has 0 saturated carbocycles. The van der Waals surface area contributed by atoms with Gasteiger partial charge in [-0.25, -0.2) is 0 Å². The molecular formula is C18H15N2O7S2-. The molecule has 0 radical (unpaired) electrons. The van der Waals surface area contributed by atoms with Gasteiger partial charge in [-0.1, -0.05) is 18.2 Å². The van der Waals surface area contributed by atoms with Crippen molar-refractivity contribution >= 4 is 55.1 Å². The number of phenolic OH excluding ortho intramolecular Hbond substituents is 1. The van der Waals surface area contributed by atoms with Crippen molar-refractivity contribution in [3.63, 3.8) is 0 Å². The molecule has 11 heteroatoms. The molecule has 3 N–H and O–H groups in total. The Kier molecular flexibility index (Phi) is 5.57. The van der Waals surface area contributed by atoms with Crippen LogP contribution in [0.4, 0.5) is 17.1 Å². The molecule has 0 fully saturated rings. The van der Waals surface area contributed by atoms with E-state index in [2.05, 4.69) is 5.32 Å². The van der Waals surface area contributed by atoms with Crippen LogP contribution >= 0.6 is 0 Å². The molecule has 3 rings (SSSR count). The fourth-order valence-electron chi connectivity index (χ4n) is 2.87. The standard InChI is InChI=1S/C18H16N2O7S2/c1-11(21)19-16-9-8-14-15(18(16)22)6-3-7-17(14)20(28(23)24)12-4-2-5-13(10-12)29(25,26)27/h2-10,22H,1H3,(H,19,21)(H,23,24)(H,25,26,27)/p-1. The zero-order valence-electron chi connectivity index (χ0n) is 14.9. The van der Waals surface area contributed by atoms with Gasteiger partial charge in [0.25, 0.3) is 10.1 Å². The van der Waals surface area contributed by atoms with E-state index < -0.39 is 26.3 Å². The van der Waals surface area contributed by atoms with Crippen molar-refractivity contribution in [2.45, 2.75) is 11.8 Å². The molecule has 0 bridgehead atoms. The lowest BCUT2D eigenvalue weighted by Gasteiger charge is -2.28. The molecule has 1 atom stereocenters. The second-order valence-electron chi connectivity index (χ2n) is 6.00. The number of nitrogens with zero attached hydrogens (tertiary/aromatic N) is 1. The zero-order chi connectivity index (χ0) is 21.3. The fraction of sp³-hybridized carbons (Fsp3) is 0.0556. The average Bonchev–Trinajstić information content (AvgIpc) is 2.63. The minimum atomic E-state index is -4.54. The second kappa shape index (κ2) is 7.79. The zero-order valence-corrected chi connectivity index (χ0v) is 16.5. The summed E-state index contributed by atoms with van der Waals surface area (Å²) in [5.74, 6) is -0.636. The Morgan fingerprint density at radius 1 is 1.10 bits per heavy atom. The van der Waals surface area contributed by atoms with Gasteiger partial charge in [0.1, 0.15) is 5.75 Å². The van der Waals surface area contributed by atoms with Crippen LogP contribution in [0.25, 0.3) is 10.8 Å². The third-order valence-electron chi connectivity index (χ3n) is 4.04. The van der Waals surface area contributed by atoms with Gasteiger partial charge in [0.05, 0.1) is 33.2 Å². The lowest BCUT2D eigenvalue weighted by molar-refractivity contribution is -0.114. The normalized spacial score (nSPS) is 12.5. The Hall–Kier alpha value is -2.99. The summed E-state index contributed by atoms with van der Waals surface area (Å²) in [6.45, 7) is 1.28. The molecule has 152 valence electrons. The van der Waals surface area contributed by atoms with Crippen molar-refractivity contribution in [2.24, 2.45) is 0 Å². The summed E-state index contributed by atoms with van der Waals surface area (Å²) in [5, 5.41) is 13.5. The molecule has 0 spiro atoms. The molecule has 0 heterocycles. The first kappa shape index (κ1) is 20.7. The Morgan fingerprint density at radius 3 is 2.41 bits per heavy atom. The van der Waals surface area contributed by atoms with Crippen LogP contribution in [0.5, 0.6) is 5.75 Å². The van der Waals surface area contributed by atoms with E-state index >= 15 is 0 Å². The van der Waals surface area contributed by atoms with Gasteiger partial charge in [0, 0.05) is 17.7 Å². The Balaban J connectivity index is 2.23. The maximum absolute atomic E-state index is 12.0. The number of carbonyl (C=O) groups is 1. The van der Waals surface area contributed by atoms with Crippen LogP contribution in [0.15, 0.2) is 59.5 Å². The molecule has 0 aliphatic rings. The molecule has 1 unspecified atom stereocenters. The first-order valence-corrected chi connectivity index (χ1v) is 10.6. The highest BCUT2D eigenvalue weighted by Gasteiger charge is 2.19. The predicted molar refractivity (Wildman–Crippen MR) is 107 cm³/mol. The monoisotopic (exact) mass is 435 g/mol. The molecule has 1 amide bonds. The summed E-state index contributed by atoms with van der Waals surface area (Å²) >= 11 is -2.86. The molecule has 0 saturated heterocycles. The van der Waals surface area contributed by atoms with E-state index in [0.717, 1.165) is 16.4 Å². The van der Waals surface area contributed by atoms with Crippen LogP contribution in [-0.4, -0.2) is 32.7 Å². The van der Waals surface area contributed by atoms with Gasteiger partial charge in [-0.2, -0.15) is 8.42 Å². The smallest absolute Gasteiger partial charge is 0.294 e. The van der Waals surface area contributed by atoms with Gasteiger partial charge >= 0.3 is 0 Å². The van der Waals surface area contributed by atoms with Crippen LogP contribution in [0.2, 0.25) is 0 Å². The third-order valence-corrected chi connectivity index (χ3v) is 5.59. The van der Waals surface area contributed by atoms with Crippen molar-refractivity contribution in [1.82, 2.24) is 0 Å². The first-order valence-electron chi connectivity index (χ1n) is 8.09. The highest BCUT2D eigenvalue weighted by atomic mass is 32.2. The number of phenols is 1. The predicted octanol–water partition coefficient (Wildman–Crippen LogP) is 2.68. The van der Waals surface area contributed by atoms with Crippen molar-refractivity contribution in [3.8, 4) is 5.75 Å². The van der Waals surface area contributed by atoms with Gasteiger partial charge in [0.15, 0.2) is 0 Å². The average molecular weight is 435 g/mol. The Morgan fingerprint density at radius 2 is 1.79 bits per heavy atom. The number of amides is 1. The van der Waals surface area contributed by atoms with Crippen molar-refractivity contribution in [3.05, 3.63) is 54.6 Å². The highest BCUT2D eigenvalue weighted by molar-refractivity contribution is 7.85. The summed E-state index contributed by atoms with van der Waals surface area (Å²) < 4.78 is 56.9. The van der Waals surface area contributed by atoms with E-state index in [9.17, 15) is 31.6 Å². The molecule has 9 nitrogen and oxygen atoms in total. The van der Waals surface area contributed by atoms with Crippen molar-refractivity contribution < 1.29 is 31.6 Å². The number of anilines is 3. The van der Waals surface area contributed by atoms with Crippen molar-refractivity contribution in [2.75, 3.05) is 9.62 Å². The number of aromatic hydroxyl groups is 1. The number of carbonyl (C=O) groups excluding carboxylic acids is 1. The Labute approximate surface area is 168 Å². The van der Waals surface area contributed by atoms with E-state index in [-0.39, 0.29) is 34.1 Å². The first-order chi connectivity index (χ1) is 13.6. The van der Waals surface area contributed by atoms with Crippen LogP contribution in [0.3, 0.4) is 0 Å². The summed E-state index contributed by atoms with van der Waals surface area (Å²) in [6, 6.07) is 12.2. The summed E-state index contributed by atoms with van der Waals surface area (Å²) in [7, 11) is -4.54. The van der Waals surface area contributed by atoms with Crippen molar-refractivity contribution in [1.29, 1.82) is 0 Å². The molecular weight excluding hydrogens is 420 g/mol. The quantitative estimate of drug-likeness (QED) is 0.317. The van der Waals surface area contributed by atoms with Gasteiger partial charge in [0.2, 0.25) is 5.91 Å². The number of hydrogen-bond donors (Lipinski definition) is 3. The molecule has 3 aromatic rings. The van der Waals surface area contributed by atoms with Gasteiger partial charge < -0.3 is 15.0 Å². The second-order valence-corrected chi connectivity index (χ2v) is 8.22. The number of fused-ring (bicyclic) bond motifs is 1. The number of hydrogen-bond acceptors (Lipinski definition) is 6. The number of benzene rings is 3. The Bertz CT molecular complexity index is 1240. The minimum Gasteiger partial charge on any atom is -0.755 e. The number of nitrogens with one attached hydrogen (secondary N) is 1. The largest absolute Gasteiger partial charge is 0.755 e. The molecule has 0 aliphatic heterocycles. The fourth-order valence-corrected chi connectivity index (χ4v) is 3.99. The molecule has 29 heavy (non-hydrogen) atoms. The van der Waals surface area contributed by atoms with E-state index in [1.54, 1.807) is 6.07 Å². The maximum atomic E-state index is 12.0. The SMILES string of the molecule is CC(=O)Nc1ccc2c(N(c3cccc(S(=O)(=O)O)c3)S(=O)[O-])cccc2c1O. The van der Waals surface area contributed by atoms with Crippen LogP contribution < -0.4 is 9.62 Å². The third kappa shape index (κ3) is 4.22. The lowest BCUT2D eigenvalue weighted by atomic mass is 10.1.